The second kappa shape index (κ2) is 4.58. The molecule has 0 aromatic rings. The first-order valence-electron chi connectivity index (χ1n) is 3.21. The van der Waals surface area contributed by atoms with E-state index in [1.54, 1.807) is 0 Å². The Morgan fingerprint density at radius 1 is 1.50 bits per heavy atom. The summed E-state index contributed by atoms with van der Waals surface area (Å²) in [4.78, 5) is 31.5. The Morgan fingerprint density at radius 3 is 2.25 bits per heavy atom. The highest BCUT2D eigenvalue weighted by Gasteiger charge is 2.23. The number of carbonyl (C=O) groups is 3. The number of ketones is 2. The van der Waals surface area contributed by atoms with Crippen LogP contribution in [0.1, 0.15) is 13.3 Å². The number of hydrogen-bond acceptors (Lipinski definition) is 5. The zero-order valence-electron chi connectivity index (χ0n) is 6.53. The van der Waals surface area contributed by atoms with Crippen molar-refractivity contribution in [2.45, 2.75) is 19.4 Å². The van der Waals surface area contributed by atoms with Gasteiger partial charge in [-0.25, -0.2) is 5.43 Å². The van der Waals surface area contributed by atoms with Gasteiger partial charge in [0.05, 0.1) is 12.5 Å². The number of carboxylic acid groups (broad SMARTS) is 1. The van der Waals surface area contributed by atoms with E-state index >= 15 is 0 Å². The molecule has 0 unspecified atom stereocenters. The fraction of sp³-hybridized carbons (Fsp3) is 0.500. The molecule has 68 valence electrons. The molecule has 0 saturated carbocycles. The molecule has 4 N–H and O–H groups in total. The van der Waals surface area contributed by atoms with E-state index in [1.807, 2.05) is 5.43 Å². The highest BCUT2D eigenvalue weighted by atomic mass is 16.4. The van der Waals surface area contributed by atoms with Crippen LogP contribution in [0.5, 0.6) is 0 Å². The molecule has 0 bridgehead atoms. The zero-order valence-corrected chi connectivity index (χ0v) is 6.53. The summed E-state index contributed by atoms with van der Waals surface area (Å²) in [6.45, 7) is 1.06. The normalized spacial score (nSPS) is 12.2. The minimum atomic E-state index is -1.19. The van der Waals surface area contributed by atoms with E-state index in [9.17, 15) is 14.4 Å². The molecule has 0 aromatic carbocycles. The third kappa shape index (κ3) is 3.22. The monoisotopic (exact) mass is 174 g/mol. The van der Waals surface area contributed by atoms with Gasteiger partial charge in [-0.05, 0) is 0 Å². The molecule has 0 aliphatic carbocycles. The molecular formula is C6H10N2O4. The van der Waals surface area contributed by atoms with Gasteiger partial charge < -0.3 is 5.11 Å². The van der Waals surface area contributed by atoms with Crippen molar-refractivity contribution in [1.29, 1.82) is 0 Å². The van der Waals surface area contributed by atoms with Crippen LogP contribution >= 0.6 is 0 Å². The second-order valence-electron chi connectivity index (χ2n) is 2.24. The Bertz CT molecular complexity index is 214. The van der Waals surface area contributed by atoms with Crippen LogP contribution in [0.2, 0.25) is 0 Å². The fourth-order valence-corrected chi connectivity index (χ4v) is 0.647. The minimum Gasteiger partial charge on any atom is -0.481 e. The van der Waals surface area contributed by atoms with E-state index in [0.717, 1.165) is 6.92 Å². The average molecular weight is 174 g/mol. The summed E-state index contributed by atoms with van der Waals surface area (Å²) in [7, 11) is 0. The highest BCUT2D eigenvalue weighted by molar-refractivity contribution is 6.38. The Morgan fingerprint density at radius 2 is 2.00 bits per heavy atom. The van der Waals surface area contributed by atoms with Crippen LogP contribution in [0, 0.1) is 0 Å². The van der Waals surface area contributed by atoms with Gasteiger partial charge in [0.2, 0.25) is 5.78 Å². The molecule has 0 saturated heterocycles. The maximum absolute atomic E-state index is 10.9. The lowest BCUT2D eigenvalue weighted by Crippen LogP contribution is -2.45. The number of carbonyl (C=O) groups excluding carboxylic acids is 2. The number of Topliss-reactive ketones (excluding diaryl/α,β-unsaturated/α-hetero) is 2. The lowest BCUT2D eigenvalue weighted by Gasteiger charge is -2.08. The molecule has 1 atom stereocenters. The van der Waals surface area contributed by atoms with Crippen molar-refractivity contribution < 1.29 is 19.5 Å². The third-order valence-corrected chi connectivity index (χ3v) is 1.24. The van der Waals surface area contributed by atoms with Crippen molar-refractivity contribution in [2.24, 2.45) is 5.84 Å². The number of nitrogens with one attached hydrogen (secondary N) is 1. The van der Waals surface area contributed by atoms with Crippen molar-refractivity contribution >= 4 is 17.5 Å². The SMILES string of the molecule is CC(=O)C(=O)[C@H](CC(=O)O)NN. The van der Waals surface area contributed by atoms with Gasteiger partial charge in [0.15, 0.2) is 5.78 Å². The van der Waals surface area contributed by atoms with Gasteiger partial charge in [-0.1, -0.05) is 0 Å². The highest BCUT2D eigenvalue weighted by Crippen LogP contribution is 1.93. The standard InChI is InChI=1S/C6H10N2O4/c1-3(9)6(12)4(8-7)2-5(10)11/h4,8H,2,7H2,1H3,(H,10,11)/t4-/m0/s1. The van der Waals surface area contributed by atoms with Gasteiger partial charge in [0.25, 0.3) is 0 Å². The molecule has 0 aromatic heterocycles. The van der Waals surface area contributed by atoms with E-state index in [1.165, 1.54) is 0 Å². The summed E-state index contributed by atoms with van der Waals surface area (Å²) >= 11 is 0. The smallest absolute Gasteiger partial charge is 0.305 e. The van der Waals surface area contributed by atoms with Crippen molar-refractivity contribution in [2.75, 3.05) is 0 Å². The van der Waals surface area contributed by atoms with Crippen LogP contribution < -0.4 is 11.3 Å². The Labute approximate surface area is 68.7 Å². The Kier molecular flexibility index (Phi) is 4.09. The predicted molar refractivity (Wildman–Crippen MR) is 39.1 cm³/mol. The summed E-state index contributed by atoms with van der Waals surface area (Å²) in [6, 6.07) is -1.13. The Balaban J connectivity index is 4.24. The number of carboxylic acids is 1. The molecular weight excluding hydrogens is 164 g/mol. The van der Waals surface area contributed by atoms with Crippen molar-refractivity contribution in [3.05, 3.63) is 0 Å². The maximum atomic E-state index is 10.9. The van der Waals surface area contributed by atoms with Crippen LogP contribution in [0.15, 0.2) is 0 Å². The van der Waals surface area contributed by atoms with Crippen molar-refractivity contribution in [3.63, 3.8) is 0 Å². The number of hydrogen-bond donors (Lipinski definition) is 3. The van der Waals surface area contributed by atoms with Crippen LogP contribution in [0.4, 0.5) is 0 Å². The van der Waals surface area contributed by atoms with Crippen LogP contribution in [-0.4, -0.2) is 28.7 Å². The zero-order chi connectivity index (χ0) is 9.72. The average Bonchev–Trinajstić information content (AvgIpc) is 1.98. The molecule has 0 radical (unpaired) electrons. The van der Waals surface area contributed by atoms with Crippen LogP contribution in [-0.2, 0) is 14.4 Å². The molecule has 0 fully saturated rings. The molecule has 0 aliphatic heterocycles. The second-order valence-corrected chi connectivity index (χ2v) is 2.24. The quantitative estimate of drug-likeness (QED) is 0.264. The summed E-state index contributed by atoms with van der Waals surface area (Å²) in [5.41, 5.74) is 1.96. The number of aliphatic carboxylic acids is 1. The first-order valence-corrected chi connectivity index (χ1v) is 3.21. The number of hydrazine groups is 1. The molecule has 0 heterocycles. The lowest BCUT2D eigenvalue weighted by atomic mass is 10.1. The molecule has 0 aliphatic rings. The van der Waals surface area contributed by atoms with E-state index in [4.69, 9.17) is 10.9 Å². The summed E-state index contributed by atoms with van der Waals surface area (Å²) in [5.74, 6) is 2.16. The number of nitrogens with two attached hydrogens (primary N) is 1. The molecule has 0 amide bonds. The van der Waals surface area contributed by atoms with Crippen molar-refractivity contribution in [1.82, 2.24) is 5.43 Å². The molecule has 12 heavy (non-hydrogen) atoms. The summed E-state index contributed by atoms with van der Waals surface area (Å²) in [5, 5.41) is 8.29. The summed E-state index contributed by atoms with van der Waals surface area (Å²) in [6.07, 6.45) is -0.491. The maximum Gasteiger partial charge on any atom is 0.305 e. The van der Waals surface area contributed by atoms with Gasteiger partial charge in [-0.3, -0.25) is 20.2 Å². The van der Waals surface area contributed by atoms with Gasteiger partial charge in [0.1, 0.15) is 0 Å². The summed E-state index contributed by atoms with van der Waals surface area (Å²) < 4.78 is 0. The first kappa shape index (κ1) is 10.7. The van der Waals surface area contributed by atoms with Crippen molar-refractivity contribution in [3.8, 4) is 0 Å². The number of rotatable bonds is 5. The predicted octanol–water partition coefficient (Wildman–Crippen LogP) is -1.55. The largest absolute Gasteiger partial charge is 0.481 e. The third-order valence-electron chi connectivity index (χ3n) is 1.24. The molecule has 6 heteroatoms. The topological polar surface area (TPSA) is 109 Å². The molecule has 0 rings (SSSR count). The van der Waals surface area contributed by atoms with E-state index < -0.39 is 30.0 Å². The van der Waals surface area contributed by atoms with Gasteiger partial charge in [-0.15, -0.1) is 0 Å². The van der Waals surface area contributed by atoms with Crippen LogP contribution in [0.25, 0.3) is 0 Å². The lowest BCUT2D eigenvalue weighted by molar-refractivity contribution is -0.141. The minimum absolute atomic E-state index is 0.491. The van der Waals surface area contributed by atoms with Crippen LogP contribution in [0.3, 0.4) is 0 Å². The first-order chi connectivity index (χ1) is 5.49. The van der Waals surface area contributed by atoms with E-state index in [-0.39, 0.29) is 0 Å². The molecule has 6 nitrogen and oxygen atoms in total. The van der Waals surface area contributed by atoms with E-state index in [2.05, 4.69) is 0 Å². The van der Waals surface area contributed by atoms with E-state index in [0.29, 0.717) is 0 Å². The fourth-order valence-electron chi connectivity index (χ4n) is 0.647. The van der Waals surface area contributed by atoms with Gasteiger partial charge >= 0.3 is 5.97 Å². The van der Waals surface area contributed by atoms with Gasteiger partial charge in [0, 0.05) is 6.92 Å². The molecule has 0 spiro atoms. The Hall–Kier alpha value is -1.27. The van der Waals surface area contributed by atoms with Gasteiger partial charge in [-0.2, -0.15) is 0 Å².